The first-order valence-electron chi connectivity index (χ1n) is 5.38. The Kier molecular flexibility index (Phi) is 2.33. The summed E-state index contributed by atoms with van der Waals surface area (Å²) < 4.78 is 7.10. The molecule has 3 aromatic heterocycles. The molecule has 0 aliphatic rings. The third-order valence-electron chi connectivity index (χ3n) is 2.67. The number of pyridine rings is 2. The second kappa shape index (κ2) is 3.99. The Bertz CT molecular complexity index is 707. The van der Waals surface area contributed by atoms with E-state index < -0.39 is 0 Å². The van der Waals surface area contributed by atoms with E-state index in [2.05, 4.69) is 15.2 Å². The van der Waals surface area contributed by atoms with Crippen molar-refractivity contribution in [2.24, 2.45) is 0 Å². The molecule has 0 saturated heterocycles. The second-order valence-electron chi connectivity index (χ2n) is 3.79. The van der Waals surface area contributed by atoms with E-state index in [-0.39, 0.29) is 0 Å². The van der Waals surface area contributed by atoms with E-state index in [1.807, 2.05) is 16.5 Å². The molecule has 0 unspecified atom stereocenters. The Balaban J connectivity index is 2.28. The summed E-state index contributed by atoms with van der Waals surface area (Å²) in [5.74, 6) is 1.32. The highest BCUT2D eigenvalue weighted by molar-refractivity contribution is 5.66. The molecule has 0 aliphatic carbocycles. The van der Waals surface area contributed by atoms with E-state index in [4.69, 9.17) is 10.5 Å². The maximum Gasteiger partial charge on any atom is 0.172 e. The first-order valence-corrected chi connectivity index (χ1v) is 5.38. The maximum atomic E-state index is 5.78. The number of ether oxygens (including phenoxy) is 1. The molecule has 0 fully saturated rings. The van der Waals surface area contributed by atoms with Crippen LogP contribution in [0.3, 0.4) is 0 Å². The van der Waals surface area contributed by atoms with E-state index >= 15 is 0 Å². The van der Waals surface area contributed by atoms with Gasteiger partial charge in [-0.25, -0.2) is 0 Å². The molecule has 3 rings (SSSR count). The van der Waals surface area contributed by atoms with Crippen LogP contribution < -0.4 is 10.5 Å². The van der Waals surface area contributed by atoms with Gasteiger partial charge in [-0.1, -0.05) is 0 Å². The Morgan fingerprint density at radius 1 is 1.22 bits per heavy atom. The summed E-state index contributed by atoms with van der Waals surface area (Å²) in [5, 5.41) is 8.26. The molecule has 0 spiro atoms. The number of nitrogen functional groups attached to an aromatic ring is 1. The predicted octanol–water partition coefficient (Wildman–Crippen LogP) is 1.38. The molecule has 0 aromatic carbocycles. The Hall–Kier alpha value is -2.63. The van der Waals surface area contributed by atoms with Crippen LogP contribution in [0.5, 0.6) is 5.75 Å². The van der Waals surface area contributed by atoms with Crippen LogP contribution in [0.1, 0.15) is 0 Å². The number of nitrogens with two attached hydrogens (primary N) is 1. The minimum atomic E-state index is 0.647. The zero-order chi connectivity index (χ0) is 12.5. The summed E-state index contributed by atoms with van der Waals surface area (Å²) in [6.07, 6.45) is 5.11. The van der Waals surface area contributed by atoms with Gasteiger partial charge in [-0.3, -0.25) is 9.38 Å². The lowest BCUT2D eigenvalue weighted by Gasteiger charge is -2.06. The third kappa shape index (κ3) is 1.55. The van der Waals surface area contributed by atoms with Crippen LogP contribution in [-0.4, -0.2) is 26.7 Å². The summed E-state index contributed by atoms with van der Waals surface area (Å²) >= 11 is 0. The molecular formula is C12H11N5O. The topological polar surface area (TPSA) is 78.3 Å². The van der Waals surface area contributed by atoms with Gasteiger partial charge in [-0.2, -0.15) is 0 Å². The van der Waals surface area contributed by atoms with Crippen molar-refractivity contribution in [1.29, 1.82) is 0 Å². The monoisotopic (exact) mass is 241 g/mol. The van der Waals surface area contributed by atoms with Crippen LogP contribution in [0, 0.1) is 0 Å². The summed E-state index contributed by atoms with van der Waals surface area (Å²) in [6, 6.07) is 5.44. The zero-order valence-corrected chi connectivity index (χ0v) is 9.74. The molecule has 0 atom stereocenters. The first-order chi connectivity index (χ1) is 8.79. The van der Waals surface area contributed by atoms with Gasteiger partial charge in [0.25, 0.3) is 0 Å². The molecule has 6 nitrogen and oxygen atoms in total. The molecule has 2 N–H and O–H groups in total. The van der Waals surface area contributed by atoms with Crippen molar-refractivity contribution in [1.82, 2.24) is 19.6 Å². The lowest BCUT2D eigenvalue weighted by atomic mass is 10.2. The Morgan fingerprint density at radius 3 is 2.94 bits per heavy atom. The molecule has 0 amide bonds. The maximum absolute atomic E-state index is 5.78. The van der Waals surface area contributed by atoms with Crippen molar-refractivity contribution >= 4 is 11.3 Å². The SMILES string of the molecule is COc1cnccc1-c1nnc2ccc(N)cn12. The van der Waals surface area contributed by atoms with Crippen LogP contribution in [0.25, 0.3) is 17.0 Å². The molecule has 90 valence electrons. The van der Waals surface area contributed by atoms with E-state index in [9.17, 15) is 0 Å². The van der Waals surface area contributed by atoms with Crippen LogP contribution in [0.2, 0.25) is 0 Å². The van der Waals surface area contributed by atoms with Gasteiger partial charge in [-0.05, 0) is 18.2 Å². The second-order valence-corrected chi connectivity index (χ2v) is 3.79. The number of fused-ring (bicyclic) bond motifs is 1. The van der Waals surface area contributed by atoms with Gasteiger partial charge in [0.05, 0.1) is 18.9 Å². The quantitative estimate of drug-likeness (QED) is 0.733. The number of methoxy groups -OCH3 is 1. The molecule has 18 heavy (non-hydrogen) atoms. The van der Waals surface area contributed by atoms with Gasteiger partial charge in [0.2, 0.25) is 0 Å². The summed E-state index contributed by atoms with van der Waals surface area (Å²) in [5.41, 5.74) is 7.99. The average molecular weight is 241 g/mol. The summed E-state index contributed by atoms with van der Waals surface area (Å²) in [4.78, 5) is 4.02. The minimum Gasteiger partial charge on any atom is -0.494 e. The van der Waals surface area contributed by atoms with Crippen molar-refractivity contribution in [2.45, 2.75) is 0 Å². The molecule has 3 heterocycles. The van der Waals surface area contributed by atoms with E-state index in [0.29, 0.717) is 17.3 Å². The van der Waals surface area contributed by atoms with Crippen LogP contribution in [-0.2, 0) is 0 Å². The fourth-order valence-electron chi connectivity index (χ4n) is 1.82. The van der Waals surface area contributed by atoms with Crippen molar-refractivity contribution in [3.8, 4) is 17.1 Å². The van der Waals surface area contributed by atoms with Crippen LogP contribution in [0.15, 0.2) is 36.8 Å². The molecule has 6 heteroatoms. The smallest absolute Gasteiger partial charge is 0.172 e. The lowest BCUT2D eigenvalue weighted by molar-refractivity contribution is 0.414. The number of aromatic nitrogens is 4. The van der Waals surface area contributed by atoms with Crippen LogP contribution in [0.4, 0.5) is 5.69 Å². The van der Waals surface area contributed by atoms with Gasteiger partial charge in [0.15, 0.2) is 11.5 Å². The number of rotatable bonds is 2. The van der Waals surface area contributed by atoms with Gasteiger partial charge in [-0.15, -0.1) is 10.2 Å². The van der Waals surface area contributed by atoms with Gasteiger partial charge < -0.3 is 10.5 Å². The summed E-state index contributed by atoms with van der Waals surface area (Å²) in [7, 11) is 1.60. The fraction of sp³-hybridized carbons (Fsp3) is 0.0833. The number of nitrogens with zero attached hydrogens (tertiary/aromatic N) is 4. The fourth-order valence-corrected chi connectivity index (χ4v) is 1.82. The van der Waals surface area contributed by atoms with E-state index in [1.165, 1.54) is 0 Å². The number of hydrogen-bond acceptors (Lipinski definition) is 5. The largest absolute Gasteiger partial charge is 0.494 e. The first kappa shape index (κ1) is 10.5. The van der Waals surface area contributed by atoms with Crippen molar-refractivity contribution < 1.29 is 4.74 Å². The van der Waals surface area contributed by atoms with Crippen molar-refractivity contribution in [3.63, 3.8) is 0 Å². The van der Waals surface area contributed by atoms with Gasteiger partial charge >= 0.3 is 0 Å². The van der Waals surface area contributed by atoms with Gasteiger partial charge in [0.1, 0.15) is 5.75 Å². The normalized spacial score (nSPS) is 10.7. The van der Waals surface area contributed by atoms with E-state index in [1.54, 1.807) is 31.8 Å². The lowest BCUT2D eigenvalue weighted by Crippen LogP contribution is -1.95. The third-order valence-corrected chi connectivity index (χ3v) is 2.67. The standard InChI is InChI=1S/C12H11N5O/c1-18-10-6-14-5-4-9(10)12-16-15-11-3-2-8(13)7-17(11)12/h2-7H,13H2,1H3. The highest BCUT2D eigenvalue weighted by atomic mass is 16.5. The van der Waals surface area contributed by atoms with Crippen LogP contribution >= 0.6 is 0 Å². The Labute approximate surface area is 103 Å². The van der Waals surface area contributed by atoms with Gasteiger partial charge in [0, 0.05) is 18.1 Å². The zero-order valence-electron chi connectivity index (χ0n) is 9.74. The molecule has 0 radical (unpaired) electrons. The predicted molar refractivity (Wildman–Crippen MR) is 67.2 cm³/mol. The average Bonchev–Trinajstić information content (AvgIpc) is 2.81. The molecular weight excluding hydrogens is 230 g/mol. The molecule has 0 aliphatic heterocycles. The molecule has 3 aromatic rings. The minimum absolute atomic E-state index is 0.647. The van der Waals surface area contributed by atoms with Crippen molar-refractivity contribution in [3.05, 3.63) is 36.8 Å². The van der Waals surface area contributed by atoms with Crippen molar-refractivity contribution in [2.75, 3.05) is 12.8 Å². The highest BCUT2D eigenvalue weighted by Gasteiger charge is 2.12. The molecule has 0 saturated carbocycles. The van der Waals surface area contributed by atoms with E-state index in [0.717, 1.165) is 11.2 Å². The summed E-state index contributed by atoms with van der Waals surface area (Å²) in [6.45, 7) is 0. The number of anilines is 1. The molecule has 0 bridgehead atoms. The Morgan fingerprint density at radius 2 is 2.11 bits per heavy atom. The highest BCUT2D eigenvalue weighted by Crippen LogP contribution is 2.27. The number of hydrogen-bond donors (Lipinski definition) is 1.